The van der Waals surface area contributed by atoms with E-state index in [1.165, 1.54) is 12.8 Å². The Morgan fingerprint density at radius 1 is 1.11 bits per heavy atom. The standard InChI is InChI=1S/C14H24O4/c15-13(12-10-16-7-8-17-12)11-3-6-18-14(9-11)4-1-2-5-14/h11-13,15H,1-10H2. The van der Waals surface area contributed by atoms with E-state index >= 15 is 0 Å². The summed E-state index contributed by atoms with van der Waals surface area (Å²) in [6.07, 6.45) is 6.28. The molecule has 3 unspecified atom stereocenters. The van der Waals surface area contributed by atoms with Crippen molar-refractivity contribution in [3.05, 3.63) is 0 Å². The van der Waals surface area contributed by atoms with Gasteiger partial charge in [-0.1, -0.05) is 12.8 Å². The third kappa shape index (κ3) is 2.57. The summed E-state index contributed by atoms with van der Waals surface area (Å²) in [6.45, 7) is 2.58. The second-order valence-corrected chi connectivity index (χ2v) is 5.97. The molecule has 4 heteroatoms. The summed E-state index contributed by atoms with van der Waals surface area (Å²) < 4.78 is 17.0. The molecule has 18 heavy (non-hydrogen) atoms. The molecule has 1 aliphatic carbocycles. The van der Waals surface area contributed by atoms with E-state index in [0.717, 1.165) is 32.3 Å². The van der Waals surface area contributed by atoms with E-state index in [-0.39, 0.29) is 11.7 Å². The predicted molar refractivity (Wildman–Crippen MR) is 66.4 cm³/mol. The number of hydrogen-bond donors (Lipinski definition) is 1. The lowest BCUT2D eigenvalue weighted by Crippen LogP contribution is -2.48. The van der Waals surface area contributed by atoms with Crippen LogP contribution in [0.5, 0.6) is 0 Å². The summed E-state index contributed by atoms with van der Waals surface area (Å²) in [5.74, 6) is 0.309. The van der Waals surface area contributed by atoms with Gasteiger partial charge in [0.25, 0.3) is 0 Å². The lowest BCUT2D eigenvalue weighted by Gasteiger charge is -2.42. The van der Waals surface area contributed by atoms with Crippen LogP contribution >= 0.6 is 0 Å². The lowest BCUT2D eigenvalue weighted by molar-refractivity contribution is -0.170. The number of aliphatic hydroxyl groups is 1. The zero-order chi connectivity index (χ0) is 12.4. The van der Waals surface area contributed by atoms with Crippen LogP contribution in [0.2, 0.25) is 0 Å². The van der Waals surface area contributed by atoms with Crippen LogP contribution in [0.15, 0.2) is 0 Å². The van der Waals surface area contributed by atoms with Crippen molar-refractivity contribution in [3.63, 3.8) is 0 Å². The van der Waals surface area contributed by atoms with Gasteiger partial charge in [-0.3, -0.25) is 0 Å². The zero-order valence-electron chi connectivity index (χ0n) is 11.0. The molecule has 2 heterocycles. The molecule has 3 fully saturated rings. The van der Waals surface area contributed by atoms with Gasteiger partial charge in [0.05, 0.1) is 31.5 Å². The maximum Gasteiger partial charge on any atom is 0.107 e. The van der Waals surface area contributed by atoms with Gasteiger partial charge in [0.1, 0.15) is 6.10 Å². The molecule has 0 aromatic heterocycles. The molecule has 2 saturated heterocycles. The van der Waals surface area contributed by atoms with Gasteiger partial charge in [-0.15, -0.1) is 0 Å². The van der Waals surface area contributed by atoms with Gasteiger partial charge in [0.2, 0.25) is 0 Å². The summed E-state index contributed by atoms with van der Waals surface area (Å²) in [5, 5.41) is 10.5. The van der Waals surface area contributed by atoms with Crippen molar-refractivity contribution in [2.75, 3.05) is 26.4 Å². The van der Waals surface area contributed by atoms with Crippen molar-refractivity contribution in [2.24, 2.45) is 5.92 Å². The van der Waals surface area contributed by atoms with Crippen molar-refractivity contribution in [3.8, 4) is 0 Å². The molecule has 104 valence electrons. The van der Waals surface area contributed by atoms with Crippen molar-refractivity contribution in [2.45, 2.75) is 56.3 Å². The molecule has 1 N–H and O–H groups in total. The summed E-state index contributed by atoms with van der Waals surface area (Å²) in [7, 11) is 0. The largest absolute Gasteiger partial charge is 0.390 e. The van der Waals surface area contributed by atoms with Crippen molar-refractivity contribution in [1.82, 2.24) is 0 Å². The summed E-state index contributed by atoms with van der Waals surface area (Å²) in [5.41, 5.74) is 0.0689. The van der Waals surface area contributed by atoms with Crippen LogP contribution in [-0.2, 0) is 14.2 Å². The molecule has 0 amide bonds. The molecule has 1 spiro atoms. The lowest BCUT2D eigenvalue weighted by atomic mass is 9.80. The molecular weight excluding hydrogens is 232 g/mol. The van der Waals surface area contributed by atoms with Crippen LogP contribution in [0, 0.1) is 5.92 Å². The van der Waals surface area contributed by atoms with Gasteiger partial charge in [-0.25, -0.2) is 0 Å². The Balaban J connectivity index is 1.60. The van der Waals surface area contributed by atoms with Crippen LogP contribution in [0.4, 0.5) is 0 Å². The molecule has 3 atom stereocenters. The highest BCUT2D eigenvalue weighted by Crippen LogP contribution is 2.43. The third-order valence-corrected chi connectivity index (χ3v) is 4.75. The first-order valence-electron chi connectivity index (χ1n) is 7.30. The predicted octanol–water partition coefficient (Wildman–Crippen LogP) is 1.50. The SMILES string of the molecule is OC(C1CCOC2(CCCC2)C1)C1COCCO1. The first-order valence-corrected chi connectivity index (χ1v) is 7.30. The Morgan fingerprint density at radius 2 is 1.94 bits per heavy atom. The third-order valence-electron chi connectivity index (χ3n) is 4.75. The highest BCUT2D eigenvalue weighted by Gasteiger charge is 2.43. The van der Waals surface area contributed by atoms with Crippen LogP contribution in [0.1, 0.15) is 38.5 Å². The van der Waals surface area contributed by atoms with Crippen molar-refractivity contribution >= 4 is 0 Å². The van der Waals surface area contributed by atoms with Crippen molar-refractivity contribution < 1.29 is 19.3 Å². The van der Waals surface area contributed by atoms with Crippen molar-refractivity contribution in [1.29, 1.82) is 0 Å². The maximum atomic E-state index is 10.5. The molecule has 3 rings (SSSR count). The van der Waals surface area contributed by atoms with Crippen LogP contribution in [-0.4, -0.2) is 49.3 Å². The molecule has 1 saturated carbocycles. The zero-order valence-corrected chi connectivity index (χ0v) is 11.0. The van der Waals surface area contributed by atoms with E-state index in [1.807, 2.05) is 0 Å². The second kappa shape index (κ2) is 5.45. The number of ether oxygens (including phenoxy) is 3. The second-order valence-electron chi connectivity index (χ2n) is 5.97. The molecule has 0 aromatic rings. The van der Waals surface area contributed by atoms with E-state index in [1.54, 1.807) is 0 Å². The molecular formula is C14H24O4. The van der Waals surface area contributed by atoms with E-state index in [2.05, 4.69) is 0 Å². The Kier molecular flexibility index (Phi) is 3.89. The minimum atomic E-state index is -0.397. The smallest absolute Gasteiger partial charge is 0.107 e. The highest BCUT2D eigenvalue weighted by molar-refractivity contribution is 4.94. The Morgan fingerprint density at radius 3 is 2.67 bits per heavy atom. The Labute approximate surface area is 109 Å². The van der Waals surface area contributed by atoms with Gasteiger partial charge in [-0.2, -0.15) is 0 Å². The molecule has 2 aliphatic heterocycles. The average molecular weight is 256 g/mol. The summed E-state index contributed by atoms with van der Waals surface area (Å²) in [4.78, 5) is 0. The van der Waals surface area contributed by atoms with E-state index in [0.29, 0.717) is 25.7 Å². The fourth-order valence-corrected chi connectivity index (χ4v) is 3.73. The van der Waals surface area contributed by atoms with Gasteiger partial charge in [0.15, 0.2) is 0 Å². The molecule has 0 aromatic carbocycles. The van der Waals surface area contributed by atoms with Gasteiger partial charge < -0.3 is 19.3 Å². The Hall–Kier alpha value is -0.160. The topological polar surface area (TPSA) is 47.9 Å². The molecule has 4 nitrogen and oxygen atoms in total. The van der Waals surface area contributed by atoms with Gasteiger partial charge in [-0.05, 0) is 31.6 Å². The number of rotatable bonds is 2. The summed E-state index contributed by atoms with van der Waals surface area (Å²) in [6, 6.07) is 0. The fourth-order valence-electron chi connectivity index (χ4n) is 3.73. The van der Waals surface area contributed by atoms with Gasteiger partial charge in [0, 0.05) is 6.61 Å². The first-order chi connectivity index (χ1) is 8.79. The quantitative estimate of drug-likeness (QED) is 0.813. The minimum absolute atomic E-state index is 0.0689. The maximum absolute atomic E-state index is 10.5. The van der Waals surface area contributed by atoms with Gasteiger partial charge >= 0.3 is 0 Å². The van der Waals surface area contributed by atoms with Crippen LogP contribution in [0.25, 0.3) is 0 Å². The highest BCUT2D eigenvalue weighted by atomic mass is 16.6. The van der Waals surface area contributed by atoms with Crippen LogP contribution < -0.4 is 0 Å². The summed E-state index contributed by atoms with van der Waals surface area (Å²) >= 11 is 0. The van der Waals surface area contributed by atoms with E-state index in [4.69, 9.17) is 14.2 Å². The molecule has 0 radical (unpaired) electrons. The Bertz CT molecular complexity index is 269. The fraction of sp³-hybridized carbons (Fsp3) is 1.00. The van der Waals surface area contributed by atoms with E-state index in [9.17, 15) is 5.11 Å². The van der Waals surface area contributed by atoms with E-state index < -0.39 is 6.10 Å². The monoisotopic (exact) mass is 256 g/mol. The first kappa shape index (κ1) is 12.9. The molecule has 0 bridgehead atoms. The number of aliphatic hydroxyl groups excluding tert-OH is 1. The normalized spacial score (nSPS) is 37.8. The van der Waals surface area contributed by atoms with Crippen LogP contribution in [0.3, 0.4) is 0 Å². The number of hydrogen-bond acceptors (Lipinski definition) is 4. The average Bonchev–Trinajstić information content (AvgIpc) is 2.87. The molecule has 3 aliphatic rings. The minimum Gasteiger partial charge on any atom is -0.390 e.